The molecule has 3 amide bonds. The number of aromatic nitrogens is 2. The predicted octanol–water partition coefficient (Wildman–Crippen LogP) is 0.973. The van der Waals surface area contributed by atoms with Crippen molar-refractivity contribution in [1.29, 1.82) is 0 Å². The van der Waals surface area contributed by atoms with E-state index in [1.807, 2.05) is 15.7 Å². The molecule has 0 bridgehead atoms. The smallest absolute Gasteiger partial charge is 0.317 e. The van der Waals surface area contributed by atoms with E-state index in [9.17, 15) is 9.59 Å². The van der Waals surface area contributed by atoms with Crippen LogP contribution >= 0.6 is 0 Å². The summed E-state index contributed by atoms with van der Waals surface area (Å²) >= 11 is 0. The first-order valence-electron chi connectivity index (χ1n) is 8.51. The number of nitrogens with zero attached hydrogens (tertiary/aromatic N) is 3. The largest absolute Gasteiger partial charge is 0.356 e. The highest BCUT2D eigenvalue weighted by Crippen LogP contribution is 2.21. The third-order valence-electron chi connectivity index (χ3n) is 4.51. The Balaban J connectivity index is 1.30. The molecule has 0 unspecified atom stereocenters. The van der Waals surface area contributed by atoms with Gasteiger partial charge in [0.25, 0.3) is 0 Å². The Morgan fingerprint density at radius 1 is 1.17 bits per heavy atom. The van der Waals surface area contributed by atoms with Crippen LogP contribution in [0, 0.1) is 5.92 Å². The quantitative estimate of drug-likeness (QED) is 0.767. The standard InChI is InChI=1S/C16H25N5O2/c22-15(18-6-1-8-20-11-7-17-12-20)13-4-9-21(10-5-13)16(23)19-14-2-3-14/h7,11-14H,1-6,8-10H2,(H,18,22)(H,19,23). The van der Waals surface area contributed by atoms with Gasteiger partial charge in [-0.15, -0.1) is 0 Å². The van der Waals surface area contributed by atoms with Gasteiger partial charge in [-0.3, -0.25) is 4.79 Å². The molecule has 23 heavy (non-hydrogen) atoms. The first-order chi connectivity index (χ1) is 11.2. The van der Waals surface area contributed by atoms with E-state index in [2.05, 4.69) is 15.6 Å². The van der Waals surface area contributed by atoms with Crippen molar-refractivity contribution in [3.63, 3.8) is 0 Å². The minimum atomic E-state index is 0.0340. The lowest BCUT2D eigenvalue weighted by molar-refractivity contribution is -0.126. The highest BCUT2D eigenvalue weighted by atomic mass is 16.2. The summed E-state index contributed by atoms with van der Waals surface area (Å²) in [6.07, 6.45) is 10.1. The minimum Gasteiger partial charge on any atom is -0.356 e. The van der Waals surface area contributed by atoms with E-state index in [-0.39, 0.29) is 17.9 Å². The molecule has 3 rings (SSSR count). The van der Waals surface area contributed by atoms with E-state index in [4.69, 9.17) is 0 Å². The van der Waals surface area contributed by atoms with E-state index in [0.717, 1.165) is 38.6 Å². The maximum absolute atomic E-state index is 12.2. The number of rotatable bonds is 6. The van der Waals surface area contributed by atoms with Crippen molar-refractivity contribution in [2.45, 2.75) is 44.7 Å². The number of nitrogens with one attached hydrogen (secondary N) is 2. The lowest BCUT2D eigenvalue weighted by Gasteiger charge is -2.31. The molecule has 2 fully saturated rings. The summed E-state index contributed by atoms with van der Waals surface area (Å²) in [5.74, 6) is 0.158. The molecule has 2 N–H and O–H groups in total. The van der Waals surface area contributed by atoms with Crippen LogP contribution in [0.2, 0.25) is 0 Å². The lowest BCUT2D eigenvalue weighted by Crippen LogP contribution is -2.47. The molecule has 7 nitrogen and oxygen atoms in total. The van der Waals surface area contributed by atoms with Crippen molar-refractivity contribution in [2.24, 2.45) is 5.92 Å². The molecule has 7 heteroatoms. The molecule has 1 aromatic heterocycles. The van der Waals surface area contributed by atoms with Crippen LogP contribution in [-0.4, -0.2) is 52.1 Å². The van der Waals surface area contributed by atoms with Gasteiger partial charge in [0.2, 0.25) is 5.91 Å². The Labute approximate surface area is 136 Å². The zero-order valence-electron chi connectivity index (χ0n) is 13.4. The Bertz CT molecular complexity index is 519. The number of urea groups is 1. The number of aryl methyl sites for hydroxylation is 1. The van der Waals surface area contributed by atoms with Gasteiger partial charge in [-0.25, -0.2) is 9.78 Å². The number of hydrogen-bond acceptors (Lipinski definition) is 3. The van der Waals surface area contributed by atoms with Crippen molar-refractivity contribution in [1.82, 2.24) is 25.1 Å². The molecule has 0 aromatic carbocycles. The number of hydrogen-bond donors (Lipinski definition) is 2. The average Bonchev–Trinajstić information content (AvgIpc) is 3.23. The number of amides is 3. The van der Waals surface area contributed by atoms with E-state index in [1.54, 1.807) is 12.5 Å². The summed E-state index contributed by atoms with van der Waals surface area (Å²) in [6.45, 7) is 2.89. The Morgan fingerprint density at radius 3 is 2.61 bits per heavy atom. The number of likely N-dealkylation sites (tertiary alicyclic amines) is 1. The molecule has 2 aliphatic rings. The zero-order chi connectivity index (χ0) is 16.1. The summed E-state index contributed by atoms with van der Waals surface area (Å²) < 4.78 is 2.00. The van der Waals surface area contributed by atoms with Crippen LogP contribution in [0.1, 0.15) is 32.1 Å². The Kier molecular flexibility index (Phi) is 5.15. The zero-order valence-corrected chi connectivity index (χ0v) is 13.4. The molecule has 1 saturated carbocycles. The molecular formula is C16H25N5O2. The van der Waals surface area contributed by atoms with Crippen molar-refractivity contribution in [3.8, 4) is 0 Å². The highest BCUT2D eigenvalue weighted by molar-refractivity contribution is 5.79. The maximum Gasteiger partial charge on any atom is 0.317 e. The monoisotopic (exact) mass is 319 g/mol. The normalized spacial score (nSPS) is 18.7. The molecular weight excluding hydrogens is 294 g/mol. The summed E-state index contributed by atoms with van der Waals surface area (Å²) in [5.41, 5.74) is 0. The first kappa shape index (κ1) is 15.8. The van der Waals surface area contributed by atoms with Crippen LogP contribution in [0.4, 0.5) is 4.79 Å². The Morgan fingerprint density at radius 2 is 1.96 bits per heavy atom. The van der Waals surface area contributed by atoms with E-state index in [0.29, 0.717) is 25.7 Å². The topological polar surface area (TPSA) is 79.3 Å². The predicted molar refractivity (Wildman–Crippen MR) is 85.7 cm³/mol. The Hall–Kier alpha value is -2.05. The van der Waals surface area contributed by atoms with Gasteiger partial charge in [0.1, 0.15) is 0 Å². The van der Waals surface area contributed by atoms with Gasteiger partial charge in [-0.1, -0.05) is 0 Å². The summed E-state index contributed by atoms with van der Waals surface area (Å²) in [7, 11) is 0. The fourth-order valence-corrected chi connectivity index (χ4v) is 2.87. The van der Waals surface area contributed by atoms with E-state index < -0.39 is 0 Å². The second-order valence-corrected chi connectivity index (χ2v) is 6.43. The maximum atomic E-state index is 12.2. The van der Waals surface area contributed by atoms with Gasteiger partial charge >= 0.3 is 6.03 Å². The third-order valence-corrected chi connectivity index (χ3v) is 4.51. The molecule has 0 atom stereocenters. The van der Waals surface area contributed by atoms with Gasteiger partial charge in [0, 0.05) is 50.5 Å². The number of imidazole rings is 1. The van der Waals surface area contributed by atoms with Gasteiger partial charge in [-0.2, -0.15) is 0 Å². The van der Waals surface area contributed by atoms with Crippen LogP contribution in [0.5, 0.6) is 0 Å². The average molecular weight is 319 g/mol. The molecule has 1 aliphatic carbocycles. The van der Waals surface area contributed by atoms with E-state index in [1.165, 1.54) is 0 Å². The lowest BCUT2D eigenvalue weighted by atomic mass is 9.96. The number of carbonyl (C=O) groups excluding carboxylic acids is 2. The fraction of sp³-hybridized carbons (Fsp3) is 0.688. The van der Waals surface area contributed by atoms with Gasteiger partial charge in [0.05, 0.1) is 6.33 Å². The second kappa shape index (κ2) is 7.48. The van der Waals surface area contributed by atoms with Gasteiger partial charge in [-0.05, 0) is 32.1 Å². The van der Waals surface area contributed by atoms with Crippen LogP contribution in [0.25, 0.3) is 0 Å². The van der Waals surface area contributed by atoms with Crippen LogP contribution in [0.15, 0.2) is 18.7 Å². The van der Waals surface area contributed by atoms with Crippen LogP contribution in [-0.2, 0) is 11.3 Å². The molecule has 1 aromatic rings. The van der Waals surface area contributed by atoms with Crippen LogP contribution < -0.4 is 10.6 Å². The molecule has 1 aliphatic heterocycles. The minimum absolute atomic E-state index is 0.0340. The molecule has 0 spiro atoms. The van der Waals surface area contributed by atoms with Crippen molar-refractivity contribution in [2.75, 3.05) is 19.6 Å². The SMILES string of the molecule is O=C(NCCCn1ccnc1)C1CCN(C(=O)NC2CC2)CC1. The highest BCUT2D eigenvalue weighted by Gasteiger charge is 2.30. The summed E-state index contributed by atoms with van der Waals surface area (Å²) in [6, 6.07) is 0.422. The number of piperidine rings is 1. The summed E-state index contributed by atoms with van der Waals surface area (Å²) in [5, 5.41) is 6.01. The fourth-order valence-electron chi connectivity index (χ4n) is 2.87. The summed E-state index contributed by atoms with van der Waals surface area (Å²) in [4.78, 5) is 30.0. The molecule has 1 saturated heterocycles. The van der Waals surface area contributed by atoms with Crippen molar-refractivity contribution < 1.29 is 9.59 Å². The molecule has 126 valence electrons. The third kappa shape index (κ3) is 4.71. The van der Waals surface area contributed by atoms with Gasteiger partial charge in [0.15, 0.2) is 0 Å². The van der Waals surface area contributed by atoms with E-state index >= 15 is 0 Å². The molecule has 0 radical (unpaired) electrons. The van der Waals surface area contributed by atoms with Crippen molar-refractivity contribution >= 4 is 11.9 Å². The van der Waals surface area contributed by atoms with Crippen molar-refractivity contribution in [3.05, 3.63) is 18.7 Å². The second-order valence-electron chi connectivity index (χ2n) is 6.43. The molecule has 2 heterocycles. The van der Waals surface area contributed by atoms with Crippen LogP contribution in [0.3, 0.4) is 0 Å². The number of carbonyl (C=O) groups is 2. The first-order valence-corrected chi connectivity index (χ1v) is 8.51. The van der Waals surface area contributed by atoms with Gasteiger partial charge < -0.3 is 20.1 Å².